The minimum atomic E-state index is 0.210. The monoisotopic (exact) mass is 300 g/mol. The van der Waals surface area contributed by atoms with Gasteiger partial charge in [-0.05, 0) is 26.0 Å². The maximum absolute atomic E-state index is 6.21. The first-order chi connectivity index (χ1) is 9.19. The smallest absolute Gasteiger partial charge is 0.111 e. The quantitative estimate of drug-likeness (QED) is 0.752. The molecule has 0 bridgehead atoms. The number of aromatic nitrogens is 2. The van der Waals surface area contributed by atoms with Gasteiger partial charge in [-0.3, -0.25) is 0 Å². The number of hydrogen-bond donors (Lipinski definition) is 0. The number of fused-ring (bicyclic) bond motifs is 1. The molecule has 0 amide bonds. The summed E-state index contributed by atoms with van der Waals surface area (Å²) in [6.07, 6.45) is 0.725. The lowest BCUT2D eigenvalue weighted by molar-refractivity contribution is 0.119. The highest BCUT2D eigenvalue weighted by molar-refractivity contribution is 6.34. The highest BCUT2D eigenvalue weighted by Crippen LogP contribution is 2.27. The Bertz CT molecular complexity index is 554. The van der Waals surface area contributed by atoms with Gasteiger partial charge in [-0.1, -0.05) is 17.7 Å². The molecule has 0 aliphatic heterocycles. The van der Waals surface area contributed by atoms with Crippen molar-refractivity contribution in [1.29, 1.82) is 0 Å². The van der Waals surface area contributed by atoms with Crippen LogP contribution < -0.4 is 0 Å². The van der Waals surface area contributed by atoms with Crippen molar-refractivity contribution in [3.63, 3.8) is 0 Å². The Morgan fingerprint density at radius 1 is 1.42 bits per heavy atom. The Morgan fingerprint density at radius 3 is 2.89 bits per heavy atom. The molecule has 0 radical (unpaired) electrons. The first-order valence-electron chi connectivity index (χ1n) is 6.48. The van der Waals surface area contributed by atoms with E-state index in [1.54, 1.807) is 0 Å². The Balaban J connectivity index is 2.48. The molecule has 0 N–H and O–H groups in total. The number of aryl methyl sites for hydroxylation is 1. The summed E-state index contributed by atoms with van der Waals surface area (Å²) in [6, 6.07) is 6.05. The summed E-state index contributed by atoms with van der Waals surface area (Å²) in [5.41, 5.74) is 1.88. The van der Waals surface area contributed by atoms with Crippen LogP contribution in [0.25, 0.3) is 11.0 Å². The van der Waals surface area contributed by atoms with Crippen LogP contribution in [-0.2, 0) is 11.2 Å². The van der Waals surface area contributed by atoms with E-state index in [1.807, 2.05) is 25.1 Å². The predicted octanol–water partition coefficient (Wildman–Crippen LogP) is 4.07. The van der Waals surface area contributed by atoms with Gasteiger partial charge in [0.15, 0.2) is 0 Å². The normalized spacial score (nSPS) is 13.1. The zero-order valence-electron chi connectivity index (χ0n) is 11.2. The van der Waals surface area contributed by atoms with Gasteiger partial charge in [0.2, 0.25) is 0 Å². The predicted molar refractivity (Wildman–Crippen MR) is 80.4 cm³/mol. The number of hydrogen-bond acceptors (Lipinski definition) is 2. The Kier molecular flexibility index (Phi) is 5.08. The average molecular weight is 301 g/mol. The maximum Gasteiger partial charge on any atom is 0.111 e. The number of alkyl halides is 1. The number of rotatable bonds is 6. The summed E-state index contributed by atoms with van der Waals surface area (Å²) in [7, 11) is 0. The van der Waals surface area contributed by atoms with Crippen molar-refractivity contribution >= 4 is 34.2 Å². The molecular formula is C14H18Cl2N2O. The molecule has 0 saturated heterocycles. The molecule has 1 heterocycles. The van der Waals surface area contributed by atoms with Gasteiger partial charge in [-0.2, -0.15) is 0 Å². The summed E-state index contributed by atoms with van der Waals surface area (Å²) in [6.45, 7) is 5.48. The zero-order valence-corrected chi connectivity index (χ0v) is 12.7. The van der Waals surface area contributed by atoms with Gasteiger partial charge in [0.25, 0.3) is 0 Å². The lowest BCUT2D eigenvalue weighted by Crippen LogP contribution is -2.15. The fourth-order valence-electron chi connectivity index (χ4n) is 2.25. The number of halogens is 2. The average Bonchev–Trinajstić information content (AvgIpc) is 2.76. The van der Waals surface area contributed by atoms with Gasteiger partial charge in [0.05, 0.1) is 23.2 Å². The Labute approximate surface area is 123 Å². The number of nitrogens with zero attached hydrogens (tertiary/aromatic N) is 2. The van der Waals surface area contributed by atoms with Gasteiger partial charge in [-0.15, -0.1) is 11.6 Å². The number of benzene rings is 1. The SMILES string of the molecule is CCOCC(C)n1c(CCCl)nc2c(Cl)cccc21. The third-order valence-electron chi connectivity index (χ3n) is 3.07. The molecule has 0 fully saturated rings. The van der Waals surface area contributed by atoms with E-state index < -0.39 is 0 Å². The van der Waals surface area contributed by atoms with Crippen molar-refractivity contribution in [2.24, 2.45) is 0 Å². The number of ether oxygens (including phenoxy) is 1. The molecule has 0 aliphatic rings. The molecule has 1 unspecified atom stereocenters. The third kappa shape index (κ3) is 3.04. The molecule has 2 aromatic rings. The fraction of sp³-hybridized carbons (Fsp3) is 0.500. The largest absolute Gasteiger partial charge is 0.380 e. The van der Waals surface area contributed by atoms with Crippen molar-refractivity contribution in [2.75, 3.05) is 19.1 Å². The van der Waals surface area contributed by atoms with Crippen LogP contribution in [0.1, 0.15) is 25.7 Å². The first kappa shape index (κ1) is 14.6. The summed E-state index contributed by atoms with van der Waals surface area (Å²) < 4.78 is 7.70. The van der Waals surface area contributed by atoms with Crippen LogP contribution in [0.3, 0.4) is 0 Å². The van der Waals surface area contributed by atoms with Crippen molar-refractivity contribution in [3.05, 3.63) is 29.0 Å². The van der Waals surface area contributed by atoms with E-state index >= 15 is 0 Å². The molecule has 104 valence electrons. The highest BCUT2D eigenvalue weighted by atomic mass is 35.5. The van der Waals surface area contributed by atoms with E-state index in [1.165, 1.54) is 0 Å². The van der Waals surface area contributed by atoms with E-state index in [2.05, 4.69) is 16.5 Å². The Hall–Kier alpha value is -0.770. The summed E-state index contributed by atoms with van der Waals surface area (Å²) in [5.74, 6) is 1.51. The van der Waals surface area contributed by atoms with E-state index in [4.69, 9.17) is 27.9 Å². The number of para-hydroxylation sites is 1. The second-order valence-electron chi connectivity index (χ2n) is 4.45. The molecule has 2 rings (SSSR count). The zero-order chi connectivity index (χ0) is 13.8. The molecule has 1 aromatic carbocycles. The van der Waals surface area contributed by atoms with E-state index in [0.29, 0.717) is 24.1 Å². The van der Waals surface area contributed by atoms with Crippen LogP contribution >= 0.6 is 23.2 Å². The maximum atomic E-state index is 6.21. The van der Waals surface area contributed by atoms with Gasteiger partial charge >= 0.3 is 0 Å². The molecule has 1 aromatic heterocycles. The second-order valence-corrected chi connectivity index (χ2v) is 5.24. The fourth-order valence-corrected chi connectivity index (χ4v) is 2.63. The molecule has 0 aliphatic carbocycles. The van der Waals surface area contributed by atoms with Gasteiger partial charge < -0.3 is 9.30 Å². The van der Waals surface area contributed by atoms with E-state index in [0.717, 1.165) is 23.3 Å². The van der Waals surface area contributed by atoms with Gasteiger partial charge in [0.1, 0.15) is 11.3 Å². The molecule has 3 nitrogen and oxygen atoms in total. The topological polar surface area (TPSA) is 27.1 Å². The summed E-state index contributed by atoms with van der Waals surface area (Å²) in [5, 5.41) is 0.677. The summed E-state index contributed by atoms with van der Waals surface area (Å²) in [4.78, 5) is 4.62. The number of imidazole rings is 1. The molecular weight excluding hydrogens is 283 g/mol. The standard InChI is InChI=1S/C14H18Cl2N2O/c1-3-19-9-10(2)18-12-6-4-5-11(16)14(12)17-13(18)7-8-15/h4-6,10H,3,7-9H2,1-2H3. The van der Waals surface area contributed by atoms with Crippen molar-refractivity contribution in [3.8, 4) is 0 Å². The molecule has 19 heavy (non-hydrogen) atoms. The van der Waals surface area contributed by atoms with Crippen molar-refractivity contribution in [1.82, 2.24) is 9.55 Å². The third-order valence-corrected chi connectivity index (χ3v) is 3.56. The van der Waals surface area contributed by atoms with E-state index in [9.17, 15) is 0 Å². The molecule has 1 atom stereocenters. The van der Waals surface area contributed by atoms with Crippen LogP contribution in [0.15, 0.2) is 18.2 Å². The molecule has 5 heteroatoms. The highest BCUT2D eigenvalue weighted by Gasteiger charge is 2.17. The van der Waals surface area contributed by atoms with Crippen LogP contribution in [0.2, 0.25) is 5.02 Å². The minimum Gasteiger partial charge on any atom is -0.380 e. The van der Waals surface area contributed by atoms with Crippen LogP contribution in [0.5, 0.6) is 0 Å². The van der Waals surface area contributed by atoms with Crippen LogP contribution in [0.4, 0.5) is 0 Å². The van der Waals surface area contributed by atoms with E-state index in [-0.39, 0.29) is 6.04 Å². The molecule has 0 spiro atoms. The second kappa shape index (κ2) is 6.60. The Morgan fingerprint density at radius 2 is 2.21 bits per heavy atom. The van der Waals surface area contributed by atoms with Gasteiger partial charge in [0, 0.05) is 18.9 Å². The lowest BCUT2D eigenvalue weighted by atomic mass is 10.2. The lowest BCUT2D eigenvalue weighted by Gasteiger charge is -2.17. The first-order valence-corrected chi connectivity index (χ1v) is 7.39. The molecule has 0 saturated carbocycles. The van der Waals surface area contributed by atoms with Crippen molar-refractivity contribution < 1.29 is 4.74 Å². The summed E-state index contributed by atoms with van der Waals surface area (Å²) >= 11 is 12.1. The van der Waals surface area contributed by atoms with Crippen LogP contribution in [0, 0.1) is 0 Å². The van der Waals surface area contributed by atoms with Crippen molar-refractivity contribution in [2.45, 2.75) is 26.3 Å². The minimum absolute atomic E-state index is 0.210. The van der Waals surface area contributed by atoms with Gasteiger partial charge in [-0.25, -0.2) is 4.98 Å². The van der Waals surface area contributed by atoms with Crippen LogP contribution in [-0.4, -0.2) is 28.6 Å².